The van der Waals surface area contributed by atoms with Gasteiger partial charge in [-0.25, -0.2) is 4.39 Å². The Morgan fingerprint density at radius 2 is 2.07 bits per heavy atom. The van der Waals surface area contributed by atoms with Crippen LogP contribution < -0.4 is 5.32 Å². The number of fused-ring (bicyclic) bond motifs is 1. The summed E-state index contributed by atoms with van der Waals surface area (Å²) in [7, 11) is 0. The quantitative estimate of drug-likeness (QED) is 0.709. The lowest BCUT2D eigenvalue weighted by atomic mass is 9.89. The number of hydrogen-bond donors (Lipinski definition) is 1. The fraction of sp³-hybridized carbons (Fsp3) is 0.591. The van der Waals surface area contributed by atoms with Gasteiger partial charge in [0.05, 0.1) is 5.69 Å². The molecule has 0 radical (unpaired) electrons. The molecule has 5 rings (SSSR count). The second-order valence-electron chi connectivity index (χ2n) is 8.63. The summed E-state index contributed by atoms with van der Waals surface area (Å²) < 4.78 is 21.6. The molecule has 0 amide bonds. The first kappa shape index (κ1) is 19.6. The van der Waals surface area contributed by atoms with Gasteiger partial charge in [-0.15, -0.1) is 0 Å². The van der Waals surface area contributed by atoms with Crippen molar-refractivity contribution >= 4 is 10.9 Å². The molecule has 1 aromatic carbocycles. The molecule has 0 spiro atoms. The highest BCUT2D eigenvalue weighted by Crippen LogP contribution is 2.31. The Balaban J connectivity index is 1.34. The predicted molar refractivity (Wildman–Crippen MR) is 112 cm³/mol. The summed E-state index contributed by atoms with van der Waals surface area (Å²) in [6.07, 6.45) is 3.94. The largest absolute Gasteiger partial charge is 0.337 e. The first-order valence-electron chi connectivity index (χ1n) is 11.1. The van der Waals surface area contributed by atoms with Crippen LogP contribution in [0.2, 0.25) is 0 Å². The van der Waals surface area contributed by atoms with E-state index in [-0.39, 0.29) is 11.7 Å². The van der Waals surface area contributed by atoms with Crippen molar-refractivity contribution in [3.8, 4) is 5.95 Å². The van der Waals surface area contributed by atoms with Gasteiger partial charge in [0.25, 0.3) is 5.95 Å². The summed E-state index contributed by atoms with van der Waals surface area (Å²) in [6, 6.07) is 5.70. The fourth-order valence-corrected chi connectivity index (χ4v) is 5.09. The van der Waals surface area contributed by atoms with Crippen LogP contribution >= 0.6 is 0 Å². The normalized spacial score (nSPS) is 24.0. The van der Waals surface area contributed by atoms with Crippen molar-refractivity contribution in [3.05, 3.63) is 35.6 Å². The Hall–Kier alpha value is -2.32. The second-order valence-corrected chi connectivity index (χ2v) is 8.63. The molecule has 4 heterocycles. The Morgan fingerprint density at radius 1 is 1.23 bits per heavy atom. The number of para-hydroxylation sites is 1. The van der Waals surface area contributed by atoms with Crippen LogP contribution in [0.4, 0.5) is 4.39 Å². The zero-order valence-electron chi connectivity index (χ0n) is 17.6. The number of piperidine rings is 2. The summed E-state index contributed by atoms with van der Waals surface area (Å²) in [5, 5.41) is 13.0. The molecule has 0 bridgehead atoms. The zero-order valence-corrected chi connectivity index (χ0v) is 17.6. The lowest BCUT2D eigenvalue weighted by Crippen LogP contribution is -2.50. The summed E-state index contributed by atoms with van der Waals surface area (Å²) in [4.78, 5) is 7.25. The van der Waals surface area contributed by atoms with Gasteiger partial charge in [-0.3, -0.25) is 4.90 Å². The average molecular weight is 413 g/mol. The molecule has 2 aromatic heterocycles. The molecule has 2 unspecified atom stereocenters. The number of rotatable bonds is 4. The SMILES string of the molecule is CCc1nn(-c2noc(C3CCN(C4CCNCC4C)CC3)n2)c2c(F)cccc12. The number of nitrogens with one attached hydrogen (secondary N) is 1. The number of halogens is 1. The molecule has 8 heteroatoms. The predicted octanol–water partition coefficient (Wildman–Crippen LogP) is 3.29. The molecule has 3 aromatic rings. The lowest BCUT2D eigenvalue weighted by molar-refractivity contribution is 0.0878. The van der Waals surface area contributed by atoms with E-state index in [2.05, 4.69) is 32.4 Å². The smallest absolute Gasteiger partial charge is 0.291 e. The van der Waals surface area contributed by atoms with Gasteiger partial charge in [-0.05, 0) is 69.0 Å². The second kappa shape index (κ2) is 8.07. The maximum absolute atomic E-state index is 14.5. The Kier molecular flexibility index (Phi) is 5.28. The van der Waals surface area contributed by atoms with E-state index in [1.807, 2.05) is 13.0 Å². The minimum absolute atomic E-state index is 0.247. The maximum atomic E-state index is 14.5. The van der Waals surface area contributed by atoms with Crippen LogP contribution in [0.25, 0.3) is 16.9 Å². The molecule has 2 atom stereocenters. The van der Waals surface area contributed by atoms with Gasteiger partial charge < -0.3 is 9.84 Å². The van der Waals surface area contributed by atoms with Crippen molar-refractivity contribution in [3.63, 3.8) is 0 Å². The van der Waals surface area contributed by atoms with Gasteiger partial charge in [0.1, 0.15) is 11.3 Å². The summed E-state index contributed by atoms with van der Waals surface area (Å²) in [6.45, 7) is 8.66. The molecule has 160 valence electrons. The first-order valence-corrected chi connectivity index (χ1v) is 11.1. The van der Waals surface area contributed by atoms with E-state index in [1.54, 1.807) is 6.07 Å². The molecule has 2 aliphatic heterocycles. The molecule has 0 aliphatic carbocycles. The summed E-state index contributed by atoms with van der Waals surface area (Å²) in [5.74, 6) is 1.56. The van der Waals surface area contributed by atoms with E-state index >= 15 is 0 Å². The first-order chi connectivity index (χ1) is 14.7. The monoisotopic (exact) mass is 412 g/mol. The van der Waals surface area contributed by atoms with Crippen LogP contribution in [-0.4, -0.2) is 57.0 Å². The van der Waals surface area contributed by atoms with Gasteiger partial charge in [0.2, 0.25) is 5.89 Å². The van der Waals surface area contributed by atoms with Crippen molar-refractivity contribution in [2.24, 2.45) is 5.92 Å². The molecule has 7 nitrogen and oxygen atoms in total. The van der Waals surface area contributed by atoms with E-state index in [0.29, 0.717) is 35.7 Å². The van der Waals surface area contributed by atoms with Crippen LogP contribution in [0.3, 0.4) is 0 Å². The van der Waals surface area contributed by atoms with E-state index in [9.17, 15) is 4.39 Å². The Bertz CT molecular complexity index is 1020. The number of likely N-dealkylation sites (tertiary alicyclic amines) is 1. The standard InChI is InChI=1S/C22H29FN6O/c1-3-18-16-5-4-6-17(23)20(16)29(26-18)22-25-21(30-27-22)15-8-11-28(12-9-15)19-7-10-24-13-14(19)2/h4-6,14-15,19,24H,3,7-13H2,1-2H3. The zero-order chi connectivity index (χ0) is 20.7. The molecular weight excluding hydrogens is 383 g/mol. The van der Waals surface area contributed by atoms with E-state index in [1.165, 1.54) is 17.2 Å². The molecule has 2 fully saturated rings. The molecule has 2 aliphatic rings. The van der Waals surface area contributed by atoms with Crippen LogP contribution in [0, 0.1) is 11.7 Å². The lowest BCUT2D eigenvalue weighted by Gasteiger charge is -2.42. The maximum Gasteiger partial charge on any atom is 0.291 e. The van der Waals surface area contributed by atoms with Crippen LogP contribution in [0.15, 0.2) is 22.7 Å². The van der Waals surface area contributed by atoms with E-state index in [4.69, 9.17) is 4.52 Å². The topological polar surface area (TPSA) is 72.0 Å². The van der Waals surface area contributed by atoms with Crippen molar-refractivity contribution in [1.29, 1.82) is 0 Å². The van der Waals surface area contributed by atoms with Gasteiger partial charge in [0.15, 0.2) is 0 Å². The molecule has 0 saturated carbocycles. The summed E-state index contributed by atoms with van der Waals surface area (Å²) >= 11 is 0. The van der Waals surface area contributed by atoms with Crippen molar-refractivity contribution in [2.45, 2.75) is 51.5 Å². The number of aryl methyl sites for hydroxylation is 1. The van der Waals surface area contributed by atoms with Crippen molar-refractivity contribution < 1.29 is 8.91 Å². The van der Waals surface area contributed by atoms with Gasteiger partial charge in [-0.2, -0.15) is 14.8 Å². The molecule has 30 heavy (non-hydrogen) atoms. The highest BCUT2D eigenvalue weighted by Gasteiger charge is 2.32. The third-order valence-corrected chi connectivity index (χ3v) is 6.77. The third-order valence-electron chi connectivity index (χ3n) is 6.77. The Morgan fingerprint density at radius 3 is 2.83 bits per heavy atom. The van der Waals surface area contributed by atoms with Crippen LogP contribution in [-0.2, 0) is 6.42 Å². The van der Waals surface area contributed by atoms with Gasteiger partial charge in [0, 0.05) is 17.3 Å². The summed E-state index contributed by atoms with van der Waals surface area (Å²) in [5.41, 5.74) is 1.25. The van der Waals surface area contributed by atoms with E-state index < -0.39 is 0 Å². The minimum atomic E-state index is -0.324. The van der Waals surface area contributed by atoms with Crippen molar-refractivity contribution in [2.75, 3.05) is 26.2 Å². The minimum Gasteiger partial charge on any atom is -0.337 e. The van der Waals surface area contributed by atoms with Crippen molar-refractivity contribution in [1.82, 2.24) is 30.1 Å². The van der Waals surface area contributed by atoms with Crippen LogP contribution in [0.1, 0.15) is 50.6 Å². The highest BCUT2D eigenvalue weighted by atomic mass is 19.1. The highest BCUT2D eigenvalue weighted by molar-refractivity contribution is 5.83. The third kappa shape index (κ3) is 3.41. The average Bonchev–Trinajstić information content (AvgIpc) is 3.40. The fourth-order valence-electron chi connectivity index (χ4n) is 5.09. The molecular formula is C22H29FN6O. The van der Waals surface area contributed by atoms with E-state index in [0.717, 1.165) is 50.1 Å². The van der Waals surface area contributed by atoms with Gasteiger partial charge in [-0.1, -0.05) is 26.0 Å². The number of hydrogen-bond acceptors (Lipinski definition) is 6. The number of nitrogens with zero attached hydrogens (tertiary/aromatic N) is 5. The number of benzene rings is 1. The number of aromatic nitrogens is 4. The molecule has 2 saturated heterocycles. The van der Waals surface area contributed by atoms with Gasteiger partial charge >= 0.3 is 0 Å². The molecule has 1 N–H and O–H groups in total. The Labute approximate surface area is 175 Å². The van der Waals surface area contributed by atoms with Crippen LogP contribution in [0.5, 0.6) is 0 Å².